The number of nitrogens with one attached hydrogen (secondary N) is 2. The molecule has 2 atom stereocenters. The first-order chi connectivity index (χ1) is 9.58. The lowest BCUT2D eigenvalue weighted by Crippen LogP contribution is -2.23. The average Bonchev–Trinajstić information content (AvgIpc) is 2.45. The van der Waals surface area contributed by atoms with Crippen molar-refractivity contribution >= 4 is 17.8 Å². The molecule has 6 nitrogen and oxygen atoms in total. The molecule has 1 aliphatic rings. The second-order valence-electron chi connectivity index (χ2n) is 5.95. The SMILES string of the molecule is CNc1nc(NCC2CCCC(C)C2)nc(N(C)C)n1. The Labute approximate surface area is 121 Å². The van der Waals surface area contributed by atoms with E-state index in [4.69, 9.17) is 0 Å². The maximum Gasteiger partial charge on any atom is 0.231 e. The predicted molar refractivity (Wildman–Crippen MR) is 83.3 cm³/mol. The molecule has 1 aromatic rings. The maximum atomic E-state index is 4.44. The Morgan fingerprint density at radius 1 is 1.15 bits per heavy atom. The summed E-state index contributed by atoms with van der Waals surface area (Å²) in [7, 11) is 5.68. The van der Waals surface area contributed by atoms with E-state index in [-0.39, 0.29) is 0 Å². The van der Waals surface area contributed by atoms with Crippen molar-refractivity contribution in [3.8, 4) is 0 Å². The van der Waals surface area contributed by atoms with Crippen LogP contribution < -0.4 is 15.5 Å². The van der Waals surface area contributed by atoms with Gasteiger partial charge in [-0.25, -0.2) is 0 Å². The van der Waals surface area contributed by atoms with Crippen LogP contribution in [0.1, 0.15) is 32.6 Å². The van der Waals surface area contributed by atoms with Crippen molar-refractivity contribution in [3.63, 3.8) is 0 Å². The Bertz CT molecular complexity index is 434. The van der Waals surface area contributed by atoms with Crippen LogP contribution in [0.15, 0.2) is 0 Å². The van der Waals surface area contributed by atoms with Crippen molar-refractivity contribution in [2.75, 3.05) is 43.2 Å². The van der Waals surface area contributed by atoms with E-state index in [1.165, 1.54) is 25.7 Å². The molecule has 1 saturated carbocycles. The molecule has 2 unspecified atom stereocenters. The van der Waals surface area contributed by atoms with Gasteiger partial charge in [-0.2, -0.15) is 15.0 Å². The van der Waals surface area contributed by atoms with Gasteiger partial charge in [-0.15, -0.1) is 0 Å². The Morgan fingerprint density at radius 2 is 1.90 bits per heavy atom. The number of hydrogen-bond donors (Lipinski definition) is 2. The molecule has 1 aromatic heterocycles. The zero-order valence-electron chi connectivity index (χ0n) is 13.0. The standard InChI is InChI=1S/C14H26N6/c1-10-6-5-7-11(8-10)9-16-13-17-12(15-2)18-14(19-13)20(3)4/h10-11H,5-9H2,1-4H3,(H2,15,16,17,18,19). The largest absolute Gasteiger partial charge is 0.357 e. The highest BCUT2D eigenvalue weighted by Gasteiger charge is 2.19. The molecule has 6 heteroatoms. The van der Waals surface area contributed by atoms with Gasteiger partial charge in [-0.3, -0.25) is 0 Å². The lowest BCUT2D eigenvalue weighted by atomic mass is 9.82. The monoisotopic (exact) mass is 278 g/mol. The van der Waals surface area contributed by atoms with Gasteiger partial charge in [-0.1, -0.05) is 19.8 Å². The fraction of sp³-hybridized carbons (Fsp3) is 0.786. The first kappa shape index (κ1) is 14.8. The number of rotatable bonds is 5. The molecule has 0 bridgehead atoms. The van der Waals surface area contributed by atoms with Gasteiger partial charge in [0.25, 0.3) is 0 Å². The zero-order valence-corrected chi connectivity index (χ0v) is 13.0. The van der Waals surface area contributed by atoms with Crippen molar-refractivity contribution in [3.05, 3.63) is 0 Å². The van der Waals surface area contributed by atoms with Gasteiger partial charge >= 0.3 is 0 Å². The molecule has 0 spiro atoms. The van der Waals surface area contributed by atoms with E-state index >= 15 is 0 Å². The highest BCUT2D eigenvalue weighted by molar-refractivity contribution is 5.42. The van der Waals surface area contributed by atoms with Crippen molar-refractivity contribution < 1.29 is 0 Å². The first-order valence-electron chi connectivity index (χ1n) is 7.43. The summed E-state index contributed by atoms with van der Waals surface area (Å²) >= 11 is 0. The van der Waals surface area contributed by atoms with Crippen LogP contribution in [0.3, 0.4) is 0 Å². The van der Waals surface area contributed by atoms with Crippen molar-refractivity contribution in [1.29, 1.82) is 0 Å². The third kappa shape index (κ3) is 3.95. The molecule has 1 aliphatic carbocycles. The van der Waals surface area contributed by atoms with Gasteiger partial charge in [0, 0.05) is 27.7 Å². The number of anilines is 3. The van der Waals surface area contributed by atoms with Crippen molar-refractivity contribution in [2.45, 2.75) is 32.6 Å². The zero-order chi connectivity index (χ0) is 14.5. The van der Waals surface area contributed by atoms with Gasteiger partial charge < -0.3 is 15.5 Å². The molecule has 0 aliphatic heterocycles. The quantitative estimate of drug-likeness (QED) is 0.861. The maximum absolute atomic E-state index is 4.44. The highest BCUT2D eigenvalue weighted by Crippen LogP contribution is 2.28. The summed E-state index contributed by atoms with van der Waals surface area (Å²) in [6, 6.07) is 0. The Hall–Kier alpha value is -1.59. The summed E-state index contributed by atoms with van der Waals surface area (Å²) in [5.41, 5.74) is 0. The average molecular weight is 278 g/mol. The van der Waals surface area contributed by atoms with E-state index in [2.05, 4.69) is 32.5 Å². The minimum Gasteiger partial charge on any atom is -0.357 e. The second kappa shape index (κ2) is 6.72. The number of hydrogen-bond acceptors (Lipinski definition) is 6. The fourth-order valence-corrected chi connectivity index (χ4v) is 2.74. The van der Waals surface area contributed by atoms with Gasteiger partial charge in [0.15, 0.2) is 0 Å². The Morgan fingerprint density at radius 3 is 2.55 bits per heavy atom. The molecule has 1 fully saturated rings. The molecule has 0 aromatic carbocycles. The van der Waals surface area contributed by atoms with E-state index in [1.807, 2.05) is 26.0 Å². The van der Waals surface area contributed by atoms with Gasteiger partial charge in [0.05, 0.1) is 0 Å². The molecule has 2 N–H and O–H groups in total. The molecule has 112 valence electrons. The first-order valence-corrected chi connectivity index (χ1v) is 7.43. The summed E-state index contributed by atoms with van der Waals surface area (Å²) < 4.78 is 0. The summed E-state index contributed by atoms with van der Waals surface area (Å²) in [6.07, 6.45) is 5.33. The van der Waals surface area contributed by atoms with E-state index in [9.17, 15) is 0 Å². The lowest BCUT2D eigenvalue weighted by Gasteiger charge is -2.26. The van der Waals surface area contributed by atoms with Crippen molar-refractivity contribution in [2.24, 2.45) is 11.8 Å². The smallest absolute Gasteiger partial charge is 0.231 e. The topological polar surface area (TPSA) is 66.0 Å². The molecule has 20 heavy (non-hydrogen) atoms. The van der Waals surface area contributed by atoms with Crippen LogP contribution in [-0.2, 0) is 0 Å². The van der Waals surface area contributed by atoms with Crippen LogP contribution in [0.25, 0.3) is 0 Å². The van der Waals surface area contributed by atoms with E-state index in [1.54, 1.807) is 0 Å². The van der Waals surface area contributed by atoms with E-state index < -0.39 is 0 Å². The van der Waals surface area contributed by atoms with Crippen LogP contribution in [0.4, 0.5) is 17.8 Å². The molecular weight excluding hydrogens is 252 g/mol. The van der Waals surface area contributed by atoms with Crippen LogP contribution in [0.2, 0.25) is 0 Å². The van der Waals surface area contributed by atoms with Gasteiger partial charge in [-0.05, 0) is 24.7 Å². The van der Waals surface area contributed by atoms with Crippen LogP contribution >= 0.6 is 0 Å². The van der Waals surface area contributed by atoms with Gasteiger partial charge in [0.2, 0.25) is 17.8 Å². The van der Waals surface area contributed by atoms with E-state index in [0.29, 0.717) is 17.8 Å². The normalized spacial score (nSPS) is 22.4. The van der Waals surface area contributed by atoms with Crippen LogP contribution in [0.5, 0.6) is 0 Å². The van der Waals surface area contributed by atoms with Crippen LogP contribution in [0, 0.1) is 11.8 Å². The number of aromatic nitrogens is 3. The molecule has 0 amide bonds. The van der Waals surface area contributed by atoms with Gasteiger partial charge in [0.1, 0.15) is 0 Å². The Balaban J connectivity index is 1.99. The summed E-state index contributed by atoms with van der Waals surface area (Å²) in [6.45, 7) is 3.29. The molecule has 0 radical (unpaired) electrons. The minimum absolute atomic E-state index is 0.600. The minimum atomic E-state index is 0.600. The number of nitrogens with zero attached hydrogens (tertiary/aromatic N) is 4. The second-order valence-corrected chi connectivity index (χ2v) is 5.95. The summed E-state index contributed by atoms with van der Waals surface area (Å²) in [4.78, 5) is 15.0. The molecule has 2 rings (SSSR count). The van der Waals surface area contributed by atoms with E-state index in [0.717, 1.165) is 18.4 Å². The predicted octanol–water partition coefficient (Wildman–Crippen LogP) is 2.22. The Kier molecular flexibility index (Phi) is 4.98. The summed E-state index contributed by atoms with van der Waals surface area (Å²) in [5.74, 6) is 3.51. The third-order valence-corrected chi connectivity index (χ3v) is 3.84. The molecule has 0 saturated heterocycles. The lowest BCUT2D eigenvalue weighted by molar-refractivity contribution is 0.293. The molecular formula is C14H26N6. The summed E-state index contributed by atoms with van der Waals surface area (Å²) in [5, 5.41) is 6.35. The fourth-order valence-electron chi connectivity index (χ4n) is 2.74. The van der Waals surface area contributed by atoms with Crippen molar-refractivity contribution in [1.82, 2.24) is 15.0 Å². The third-order valence-electron chi connectivity index (χ3n) is 3.84. The highest BCUT2D eigenvalue weighted by atomic mass is 15.3. The molecule has 1 heterocycles. The van der Waals surface area contributed by atoms with Crippen LogP contribution in [-0.4, -0.2) is 42.6 Å².